The molecule has 1 heterocycles. The molecular weight excluding hydrogens is 244 g/mol. The van der Waals surface area contributed by atoms with Gasteiger partial charge in [0, 0.05) is 18.2 Å². The van der Waals surface area contributed by atoms with Crippen LogP contribution in [0.2, 0.25) is 0 Å². The molecule has 5 nitrogen and oxygen atoms in total. The summed E-state index contributed by atoms with van der Waals surface area (Å²) in [6, 6.07) is 3.12. The van der Waals surface area contributed by atoms with E-state index in [0.29, 0.717) is 23.0 Å². The number of phenolic OH excluding ortho intramolecular Hbond substituents is 1. The normalized spacial score (nSPS) is 18.1. The van der Waals surface area contributed by atoms with Crippen molar-refractivity contribution >= 4 is 0 Å². The van der Waals surface area contributed by atoms with Gasteiger partial charge in [-0.15, -0.1) is 0 Å². The molecule has 106 valence electrons. The fourth-order valence-corrected chi connectivity index (χ4v) is 2.65. The Hall–Kier alpha value is -1.46. The summed E-state index contributed by atoms with van der Waals surface area (Å²) in [7, 11) is 3.13. The SMILES string of the molecule is COc1cc(O)c([C@H](N)C2CCNCC2)c(OC)c1. The van der Waals surface area contributed by atoms with Gasteiger partial charge >= 0.3 is 0 Å². The van der Waals surface area contributed by atoms with Gasteiger partial charge in [0.25, 0.3) is 0 Å². The van der Waals surface area contributed by atoms with E-state index >= 15 is 0 Å². The van der Waals surface area contributed by atoms with Gasteiger partial charge in [-0.1, -0.05) is 0 Å². The van der Waals surface area contributed by atoms with Gasteiger partial charge in [0.15, 0.2) is 0 Å². The third-order valence-corrected chi connectivity index (χ3v) is 3.77. The Morgan fingerprint density at radius 2 is 1.95 bits per heavy atom. The van der Waals surface area contributed by atoms with Gasteiger partial charge in [0.05, 0.1) is 19.8 Å². The van der Waals surface area contributed by atoms with E-state index < -0.39 is 0 Å². The summed E-state index contributed by atoms with van der Waals surface area (Å²) in [6.07, 6.45) is 2.02. The number of piperidine rings is 1. The topological polar surface area (TPSA) is 76.7 Å². The third kappa shape index (κ3) is 2.93. The molecule has 0 bridgehead atoms. The molecule has 0 radical (unpaired) electrons. The Bertz CT molecular complexity index is 431. The molecule has 0 aromatic heterocycles. The van der Waals surface area contributed by atoms with Crippen LogP contribution in [-0.4, -0.2) is 32.4 Å². The molecule has 1 fully saturated rings. The molecular formula is C14H22N2O3. The van der Waals surface area contributed by atoms with Gasteiger partial charge < -0.3 is 25.6 Å². The van der Waals surface area contributed by atoms with Crippen LogP contribution in [-0.2, 0) is 0 Å². The summed E-state index contributed by atoms with van der Waals surface area (Å²) in [5.74, 6) is 1.65. The molecule has 5 heteroatoms. The molecule has 2 rings (SSSR count). The highest BCUT2D eigenvalue weighted by molar-refractivity contribution is 5.51. The maximum Gasteiger partial charge on any atom is 0.131 e. The van der Waals surface area contributed by atoms with Gasteiger partial charge in [-0.2, -0.15) is 0 Å². The Morgan fingerprint density at radius 3 is 2.53 bits per heavy atom. The van der Waals surface area contributed by atoms with Crippen molar-refractivity contribution in [3.05, 3.63) is 17.7 Å². The molecule has 0 spiro atoms. The summed E-state index contributed by atoms with van der Waals surface area (Å²) in [5, 5.41) is 13.5. The minimum Gasteiger partial charge on any atom is -0.507 e. The van der Waals surface area contributed by atoms with Crippen LogP contribution in [0.4, 0.5) is 0 Å². The zero-order valence-corrected chi connectivity index (χ0v) is 11.5. The van der Waals surface area contributed by atoms with E-state index in [-0.39, 0.29) is 11.8 Å². The number of methoxy groups -OCH3 is 2. The maximum absolute atomic E-state index is 10.2. The first-order chi connectivity index (χ1) is 9.17. The zero-order valence-electron chi connectivity index (χ0n) is 11.5. The minimum atomic E-state index is -0.219. The minimum absolute atomic E-state index is 0.141. The smallest absolute Gasteiger partial charge is 0.131 e. The molecule has 19 heavy (non-hydrogen) atoms. The summed E-state index contributed by atoms with van der Waals surface area (Å²) in [4.78, 5) is 0. The first-order valence-electron chi connectivity index (χ1n) is 6.58. The monoisotopic (exact) mass is 266 g/mol. The van der Waals surface area contributed by atoms with Crippen LogP contribution in [0.5, 0.6) is 17.2 Å². The number of phenols is 1. The zero-order chi connectivity index (χ0) is 13.8. The largest absolute Gasteiger partial charge is 0.507 e. The molecule has 0 aliphatic carbocycles. The van der Waals surface area contributed by atoms with Gasteiger partial charge in [-0.3, -0.25) is 0 Å². The molecule has 1 saturated heterocycles. The molecule has 0 saturated carbocycles. The Kier molecular flexibility index (Phi) is 4.50. The van der Waals surface area contributed by atoms with Crippen molar-refractivity contribution in [1.82, 2.24) is 5.32 Å². The highest BCUT2D eigenvalue weighted by Gasteiger charge is 2.27. The van der Waals surface area contributed by atoms with Crippen molar-refractivity contribution in [2.24, 2.45) is 11.7 Å². The standard InChI is InChI=1S/C14H22N2O3/c1-18-10-7-11(17)13(12(8-10)19-2)14(15)9-3-5-16-6-4-9/h7-9,14,16-17H,3-6,15H2,1-2H3/t14-/m1/s1. The number of benzene rings is 1. The van der Waals surface area contributed by atoms with Gasteiger partial charge in [0.1, 0.15) is 17.2 Å². The second-order valence-electron chi connectivity index (χ2n) is 4.88. The molecule has 1 aliphatic heterocycles. The summed E-state index contributed by atoms with van der Waals surface area (Å²) < 4.78 is 10.5. The first kappa shape index (κ1) is 14.0. The lowest BCUT2D eigenvalue weighted by molar-refractivity contribution is 0.304. The Morgan fingerprint density at radius 1 is 1.26 bits per heavy atom. The van der Waals surface area contributed by atoms with Crippen LogP contribution in [0.25, 0.3) is 0 Å². The van der Waals surface area contributed by atoms with Crippen LogP contribution < -0.4 is 20.5 Å². The van der Waals surface area contributed by atoms with Crippen molar-refractivity contribution in [3.8, 4) is 17.2 Å². The van der Waals surface area contributed by atoms with E-state index in [1.165, 1.54) is 0 Å². The Balaban J connectivity index is 2.31. The van der Waals surface area contributed by atoms with E-state index in [1.54, 1.807) is 26.4 Å². The summed E-state index contributed by atoms with van der Waals surface area (Å²) >= 11 is 0. The summed E-state index contributed by atoms with van der Waals surface area (Å²) in [5.41, 5.74) is 7.01. The highest BCUT2D eigenvalue weighted by atomic mass is 16.5. The van der Waals surface area contributed by atoms with Gasteiger partial charge in [-0.05, 0) is 31.8 Å². The van der Waals surface area contributed by atoms with Crippen LogP contribution in [0.3, 0.4) is 0 Å². The van der Waals surface area contributed by atoms with Crippen molar-refractivity contribution < 1.29 is 14.6 Å². The average molecular weight is 266 g/mol. The van der Waals surface area contributed by atoms with E-state index in [1.807, 2.05) is 0 Å². The van der Waals surface area contributed by atoms with E-state index in [2.05, 4.69) is 5.32 Å². The second kappa shape index (κ2) is 6.12. The van der Waals surface area contributed by atoms with Crippen LogP contribution >= 0.6 is 0 Å². The average Bonchev–Trinajstić information content (AvgIpc) is 2.46. The quantitative estimate of drug-likeness (QED) is 0.768. The maximum atomic E-state index is 10.2. The fraction of sp³-hybridized carbons (Fsp3) is 0.571. The lowest BCUT2D eigenvalue weighted by Gasteiger charge is -2.29. The number of nitrogens with one attached hydrogen (secondary N) is 1. The molecule has 0 unspecified atom stereocenters. The predicted molar refractivity (Wildman–Crippen MR) is 73.7 cm³/mol. The van der Waals surface area contributed by atoms with Gasteiger partial charge in [0.2, 0.25) is 0 Å². The number of ether oxygens (including phenoxy) is 2. The highest BCUT2D eigenvalue weighted by Crippen LogP contribution is 2.40. The summed E-state index contributed by atoms with van der Waals surface area (Å²) in [6.45, 7) is 1.94. The van der Waals surface area contributed by atoms with E-state index in [4.69, 9.17) is 15.2 Å². The fourth-order valence-electron chi connectivity index (χ4n) is 2.65. The van der Waals surface area contributed by atoms with Crippen molar-refractivity contribution in [2.45, 2.75) is 18.9 Å². The molecule has 1 aromatic carbocycles. The molecule has 1 aromatic rings. The van der Waals surface area contributed by atoms with E-state index in [9.17, 15) is 5.11 Å². The Labute approximate surface area is 113 Å². The van der Waals surface area contributed by atoms with Crippen molar-refractivity contribution in [3.63, 3.8) is 0 Å². The van der Waals surface area contributed by atoms with Crippen LogP contribution in [0.1, 0.15) is 24.4 Å². The second-order valence-corrected chi connectivity index (χ2v) is 4.88. The third-order valence-electron chi connectivity index (χ3n) is 3.77. The molecule has 1 aliphatic rings. The molecule has 0 amide bonds. The molecule has 4 N–H and O–H groups in total. The van der Waals surface area contributed by atoms with Crippen LogP contribution in [0.15, 0.2) is 12.1 Å². The van der Waals surface area contributed by atoms with E-state index in [0.717, 1.165) is 25.9 Å². The lowest BCUT2D eigenvalue weighted by atomic mass is 9.85. The number of nitrogens with two attached hydrogens (primary N) is 1. The number of rotatable bonds is 4. The van der Waals surface area contributed by atoms with Crippen molar-refractivity contribution in [2.75, 3.05) is 27.3 Å². The number of hydrogen-bond donors (Lipinski definition) is 3. The van der Waals surface area contributed by atoms with Crippen LogP contribution in [0, 0.1) is 5.92 Å². The van der Waals surface area contributed by atoms with Crippen molar-refractivity contribution in [1.29, 1.82) is 0 Å². The number of hydrogen-bond acceptors (Lipinski definition) is 5. The predicted octanol–water partition coefficient (Wildman–Crippen LogP) is 1.41. The lowest BCUT2D eigenvalue weighted by Crippen LogP contribution is -2.34. The molecule has 1 atom stereocenters. The first-order valence-corrected chi connectivity index (χ1v) is 6.58. The number of aromatic hydroxyl groups is 1. The van der Waals surface area contributed by atoms with Gasteiger partial charge in [-0.25, -0.2) is 0 Å².